The summed E-state index contributed by atoms with van der Waals surface area (Å²) >= 11 is 0. The molecule has 0 spiro atoms. The van der Waals surface area contributed by atoms with Crippen LogP contribution in [0.2, 0.25) is 0 Å². The van der Waals surface area contributed by atoms with Gasteiger partial charge in [0.1, 0.15) is 12.4 Å². The van der Waals surface area contributed by atoms with Gasteiger partial charge in [0.05, 0.1) is 24.0 Å². The lowest BCUT2D eigenvalue weighted by molar-refractivity contribution is 0.0519. The maximum atomic E-state index is 11.7. The Bertz CT molecular complexity index is 698. The summed E-state index contributed by atoms with van der Waals surface area (Å²) in [5.41, 5.74) is 2.33. The van der Waals surface area contributed by atoms with E-state index < -0.39 is 5.97 Å². The third-order valence-electron chi connectivity index (χ3n) is 3.43. The first-order valence-electron chi connectivity index (χ1n) is 7.02. The number of ether oxygens (including phenoxy) is 1. The van der Waals surface area contributed by atoms with Gasteiger partial charge in [-0.1, -0.05) is 29.4 Å². The van der Waals surface area contributed by atoms with Crippen LogP contribution in [0.25, 0.3) is 0 Å². The molecule has 5 nitrogen and oxygen atoms in total. The van der Waals surface area contributed by atoms with Crippen LogP contribution in [0, 0.1) is 0 Å². The zero-order valence-corrected chi connectivity index (χ0v) is 12.2. The van der Waals surface area contributed by atoms with Crippen LogP contribution in [0.15, 0.2) is 53.7 Å². The number of rotatable bonds is 3. The molecule has 0 fully saturated rings. The van der Waals surface area contributed by atoms with E-state index in [4.69, 9.17) is 9.57 Å². The van der Waals surface area contributed by atoms with E-state index in [-0.39, 0.29) is 0 Å². The second-order valence-corrected chi connectivity index (χ2v) is 4.98. The van der Waals surface area contributed by atoms with E-state index in [2.05, 4.69) is 10.1 Å². The van der Waals surface area contributed by atoms with Gasteiger partial charge in [-0.2, -0.15) is 0 Å². The molecule has 0 N–H and O–H groups in total. The Morgan fingerprint density at radius 1 is 1.27 bits per heavy atom. The molecular weight excluding hydrogens is 280 g/mol. The van der Waals surface area contributed by atoms with Crippen molar-refractivity contribution in [1.82, 2.24) is 0 Å². The predicted octanol–water partition coefficient (Wildman–Crippen LogP) is 2.71. The van der Waals surface area contributed by atoms with Crippen molar-refractivity contribution < 1.29 is 14.4 Å². The summed E-state index contributed by atoms with van der Waals surface area (Å²) in [5.74, 6) is 0.331. The van der Waals surface area contributed by atoms with Crippen molar-refractivity contribution in [3.05, 3.63) is 59.7 Å². The molecule has 0 amide bonds. The van der Waals surface area contributed by atoms with Crippen molar-refractivity contribution in [3.8, 4) is 5.75 Å². The lowest BCUT2D eigenvalue weighted by Crippen LogP contribution is -2.28. The van der Waals surface area contributed by atoms with Gasteiger partial charge in [-0.05, 0) is 29.8 Å². The average molecular weight is 296 g/mol. The van der Waals surface area contributed by atoms with Crippen LogP contribution in [0.5, 0.6) is 5.75 Å². The summed E-state index contributed by atoms with van der Waals surface area (Å²) in [7, 11) is 2.02. The summed E-state index contributed by atoms with van der Waals surface area (Å²) in [4.78, 5) is 18.8. The van der Waals surface area contributed by atoms with Gasteiger partial charge in [0.2, 0.25) is 0 Å². The minimum absolute atomic E-state index is 0.468. The molecule has 0 aromatic heterocycles. The van der Waals surface area contributed by atoms with E-state index in [9.17, 15) is 4.79 Å². The molecule has 0 bridgehead atoms. The van der Waals surface area contributed by atoms with E-state index in [1.54, 1.807) is 24.3 Å². The first-order valence-corrected chi connectivity index (χ1v) is 7.02. The third-order valence-corrected chi connectivity index (χ3v) is 3.43. The topological polar surface area (TPSA) is 51.1 Å². The van der Waals surface area contributed by atoms with Gasteiger partial charge in [-0.15, -0.1) is 0 Å². The van der Waals surface area contributed by atoms with Crippen LogP contribution in [-0.2, 0) is 4.84 Å². The molecule has 1 aliphatic heterocycles. The summed E-state index contributed by atoms with van der Waals surface area (Å²) in [6.45, 7) is 1.53. The standard InChI is InChI=1S/C17H16N2O3/c1-19-9-10-21-16-11-13(7-8-15(16)19)12-18-22-17(20)14-5-3-2-4-6-14/h2-8,11-12H,9-10H2,1H3. The van der Waals surface area contributed by atoms with Crippen molar-refractivity contribution in [2.45, 2.75) is 0 Å². The van der Waals surface area contributed by atoms with Gasteiger partial charge >= 0.3 is 5.97 Å². The van der Waals surface area contributed by atoms with Gasteiger partial charge in [-0.3, -0.25) is 0 Å². The predicted molar refractivity (Wildman–Crippen MR) is 84.7 cm³/mol. The summed E-state index contributed by atoms with van der Waals surface area (Å²) < 4.78 is 5.62. The fourth-order valence-corrected chi connectivity index (χ4v) is 2.22. The number of likely N-dealkylation sites (N-methyl/N-ethyl adjacent to an activating group) is 1. The molecule has 0 unspecified atom stereocenters. The van der Waals surface area contributed by atoms with Crippen LogP contribution in [0.4, 0.5) is 5.69 Å². The smallest absolute Gasteiger partial charge is 0.365 e. The minimum atomic E-state index is -0.481. The molecule has 112 valence electrons. The monoisotopic (exact) mass is 296 g/mol. The molecule has 3 rings (SSSR count). The van der Waals surface area contributed by atoms with Crippen LogP contribution < -0.4 is 9.64 Å². The number of benzene rings is 2. The second kappa shape index (κ2) is 6.30. The first kappa shape index (κ1) is 14.1. The molecule has 2 aromatic rings. The highest BCUT2D eigenvalue weighted by Crippen LogP contribution is 2.30. The third kappa shape index (κ3) is 3.09. The van der Waals surface area contributed by atoms with Gasteiger partial charge in [-0.25, -0.2) is 4.79 Å². The Hall–Kier alpha value is -2.82. The number of fused-ring (bicyclic) bond motifs is 1. The zero-order valence-electron chi connectivity index (χ0n) is 12.2. The number of oxime groups is 1. The number of carbonyl (C=O) groups excluding carboxylic acids is 1. The Morgan fingerprint density at radius 2 is 2.09 bits per heavy atom. The van der Waals surface area contributed by atoms with Crippen molar-refractivity contribution in [2.75, 3.05) is 25.1 Å². The van der Waals surface area contributed by atoms with Crippen molar-refractivity contribution in [1.29, 1.82) is 0 Å². The molecule has 2 aromatic carbocycles. The highest BCUT2D eigenvalue weighted by molar-refractivity contribution is 5.90. The maximum Gasteiger partial charge on any atom is 0.365 e. The average Bonchev–Trinajstić information content (AvgIpc) is 2.56. The Morgan fingerprint density at radius 3 is 2.91 bits per heavy atom. The van der Waals surface area contributed by atoms with E-state index >= 15 is 0 Å². The largest absolute Gasteiger partial charge is 0.490 e. The Balaban J connectivity index is 1.67. The number of carbonyl (C=O) groups is 1. The molecule has 0 atom stereocenters. The Labute approximate surface area is 128 Å². The SMILES string of the molecule is CN1CCOc2cc(C=NOC(=O)c3ccccc3)ccc21. The van der Waals surface area contributed by atoms with Crippen LogP contribution in [0.3, 0.4) is 0 Å². The highest BCUT2D eigenvalue weighted by Gasteiger charge is 2.14. The van der Waals surface area contributed by atoms with E-state index in [1.807, 2.05) is 31.3 Å². The second-order valence-electron chi connectivity index (χ2n) is 4.98. The van der Waals surface area contributed by atoms with E-state index in [0.29, 0.717) is 12.2 Å². The molecular formula is C17H16N2O3. The van der Waals surface area contributed by atoms with Gasteiger partial charge in [0.15, 0.2) is 0 Å². The fraction of sp³-hybridized carbons (Fsp3) is 0.176. The first-order chi connectivity index (χ1) is 10.7. The molecule has 0 saturated carbocycles. The van der Waals surface area contributed by atoms with Crippen molar-refractivity contribution in [2.24, 2.45) is 5.16 Å². The molecule has 22 heavy (non-hydrogen) atoms. The molecule has 0 radical (unpaired) electrons. The van der Waals surface area contributed by atoms with E-state index in [0.717, 1.165) is 23.5 Å². The minimum Gasteiger partial charge on any atom is -0.490 e. The molecule has 0 aliphatic carbocycles. The van der Waals surface area contributed by atoms with Crippen LogP contribution in [-0.4, -0.2) is 32.4 Å². The molecule has 1 heterocycles. The van der Waals surface area contributed by atoms with Crippen LogP contribution >= 0.6 is 0 Å². The summed E-state index contributed by atoms with van der Waals surface area (Å²) in [5, 5.41) is 3.74. The number of anilines is 1. The van der Waals surface area contributed by atoms with Gasteiger partial charge in [0, 0.05) is 7.05 Å². The van der Waals surface area contributed by atoms with Crippen molar-refractivity contribution >= 4 is 17.9 Å². The van der Waals surface area contributed by atoms with Crippen molar-refractivity contribution in [3.63, 3.8) is 0 Å². The normalized spacial score (nSPS) is 13.6. The molecule has 1 aliphatic rings. The fourth-order valence-electron chi connectivity index (χ4n) is 2.22. The lowest BCUT2D eigenvalue weighted by Gasteiger charge is -2.27. The number of nitrogens with zero attached hydrogens (tertiary/aromatic N) is 2. The summed E-state index contributed by atoms with van der Waals surface area (Å²) in [6, 6.07) is 14.5. The quantitative estimate of drug-likeness (QED) is 0.496. The van der Waals surface area contributed by atoms with Gasteiger partial charge in [0.25, 0.3) is 0 Å². The maximum absolute atomic E-state index is 11.7. The molecule has 5 heteroatoms. The highest BCUT2D eigenvalue weighted by atomic mass is 16.7. The molecule has 0 saturated heterocycles. The Kier molecular flexibility index (Phi) is 4.05. The van der Waals surface area contributed by atoms with Crippen LogP contribution in [0.1, 0.15) is 15.9 Å². The number of hydrogen-bond donors (Lipinski definition) is 0. The zero-order chi connectivity index (χ0) is 15.4. The number of hydrogen-bond acceptors (Lipinski definition) is 5. The van der Waals surface area contributed by atoms with Gasteiger partial charge < -0.3 is 14.5 Å². The van der Waals surface area contributed by atoms with E-state index in [1.165, 1.54) is 6.21 Å². The lowest BCUT2D eigenvalue weighted by atomic mass is 10.1. The summed E-state index contributed by atoms with van der Waals surface area (Å²) in [6.07, 6.45) is 1.50.